The van der Waals surface area contributed by atoms with Gasteiger partial charge in [0, 0.05) is 0 Å². The third-order valence-electron chi connectivity index (χ3n) is 2.22. The fourth-order valence-electron chi connectivity index (χ4n) is 1.26. The van der Waals surface area contributed by atoms with Crippen LogP contribution >= 0.6 is 15.9 Å². The average molecular weight is 275 g/mol. The number of aryl methyl sites for hydroxylation is 1. The Labute approximate surface area is 97.1 Å². The van der Waals surface area contributed by atoms with Crippen LogP contribution in [0.3, 0.4) is 0 Å². The van der Waals surface area contributed by atoms with Crippen molar-refractivity contribution in [2.24, 2.45) is 0 Å². The zero-order valence-corrected chi connectivity index (χ0v) is 9.88. The van der Waals surface area contributed by atoms with Crippen LogP contribution in [-0.2, 0) is 6.42 Å². The van der Waals surface area contributed by atoms with E-state index in [1.165, 1.54) is 0 Å². The molecule has 0 saturated heterocycles. The zero-order chi connectivity index (χ0) is 11.3. The summed E-state index contributed by atoms with van der Waals surface area (Å²) in [5, 5.41) is 0. The van der Waals surface area contributed by atoms with Crippen LogP contribution in [0.4, 0.5) is 8.78 Å². The van der Waals surface area contributed by atoms with Crippen LogP contribution in [0.5, 0.6) is 0 Å². The lowest BCUT2D eigenvalue weighted by Gasteiger charge is -2.18. The zero-order valence-electron chi connectivity index (χ0n) is 8.30. The molecule has 0 radical (unpaired) electrons. The van der Waals surface area contributed by atoms with Crippen molar-refractivity contribution >= 4 is 15.9 Å². The number of rotatable bonds is 5. The number of hydrogen-bond acceptors (Lipinski definition) is 0. The molecule has 0 amide bonds. The second kappa shape index (κ2) is 5.40. The first-order valence-electron chi connectivity index (χ1n) is 4.75. The summed E-state index contributed by atoms with van der Waals surface area (Å²) >= 11 is 3.00. The minimum Gasteiger partial charge on any atom is -0.201 e. The van der Waals surface area contributed by atoms with E-state index < -0.39 is 10.7 Å². The van der Waals surface area contributed by atoms with Crippen LogP contribution in [0, 0.1) is 0 Å². The Bertz CT molecular complexity index is 309. The highest BCUT2D eigenvalue weighted by Gasteiger charge is 2.33. The van der Waals surface area contributed by atoms with Gasteiger partial charge in [-0.15, -0.1) is 0 Å². The first kappa shape index (κ1) is 12.4. The van der Waals surface area contributed by atoms with E-state index >= 15 is 0 Å². The molecule has 0 aromatic heterocycles. The maximum absolute atomic E-state index is 13.1. The number of benzene rings is 1. The van der Waals surface area contributed by atoms with E-state index in [0.717, 1.165) is 5.56 Å². The Balaban J connectivity index is 2.48. The van der Waals surface area contributed by atoms with Gasteiger partial charge in [0.1, 0.15) is 0 Å². The molecule has 0 bridgehead atoms. The van der Waals surface area contributed by atoms with Gasteiger partial charge in [-0.3, -0.25) is 0 Å². The minimum atomic E-state index is -2.84. The van der Waals surface area contributed by atoms with Crippen LogP contribution < -0.4 is 0 Å². The topological polar surface area (TPSA) is 0 Å². The van der Waals surface area contributed by atoms with E-state index in [-0.39, 0.29) is 0 Å². The number of allylic oxidation sites excluding steroid dienone is 1. The van der Waals surface area contributed by atoms with E-state index in [1.807, 2.05) is 30.3 Å². The summed E-state index contributed by atoms with van der Waals surface area (Å²) in [6, 6.07) is 9.60. The fraction of sp³-hybridized carbons (Fsp3) is 0.333. The molecule has 1 rings (SSSR count). The monoisotopic (exact) mass is 274 g/mol. The van der Waals surface area contributed by atoms with E-state index in [1.54, 1.807) is 0 Å². The van der Waals surface area contributed by atoms with Crippen molar-refractivity contribution in [2.75, 3.05) is 0 Å². The molecule has 1 aromatic rings. The standard InChI is InChI=1S/C12H13BrF2/c1-2-12(14,15)11(13)9-8-10-6-4-3-5-7-10/h2-7,11H,1,8-9H2. The molecule has 0 saturated carbocycles. The SMILES string of the molecule is C=CC(F)(F)C(Br)CCc1ccccc1. The van der Waals surface area contributed by atoms with Crippen LogP contribution in [0.1, 0.15) is 12.0 Å². The first-order chi connectivity index (χ1) is 7.06. The minimum absolute atomic E-state index is 0.392. The molecule has 3 heteroatoms. The third-order valence-corrected chi connectivity index (χ3v) is 3.29. The van der Waals surface area contributed by atoms with Crippen molar-refractivity contribution in [1.82, 2.24) is 0 Å². The maximum Gasteiger partial charge on any atom is 0.278 e. The van der Waals surface area contributed by atoms with Crippen molar-refractivity contribution in [1.29, 1.82) is 0 Å². The van der Waals surface area contributed by atoms with Crippen molar-refractivity contribution < 1.29 is 8.78 Å². The van der Waals surface area contributed by atoms with Crippen molar-refractivity contribution in [2.45, 2.75) is 23.6 Å². The predicted molar refractivity (Wildman–Crippen MR) is 62.6 cm³/mol. The maximum atomic E-state index is 13.1. The van der Waals surface area contributed by atoms with Gasteiger partial charge >= 0.3 is 0 Å². The molecule has 1 atom stereocenters. The average Bonchev–Trinajstić information content (AvgIpc) is 2.27. The van der Waals surface area contributed by atoms with Gasteiger partial charge in [0.05, 0.1) is 4.83 Å². The Hall–Kier alpha value is -0.700. The second-order valence-corrected chi connectivity index (χ2v) is 4.48. The van der Waals surface area contributed by atoms with Gasteiger partial charge in [-0.1, -0.05) is 52.8 Å². The molecule has 15 heavy (non-hydrogen) atoms. The molecule has 0 aliphatic rings. The number of halogens is 3. The van der Waals surface area contributed by atoms with Crippen LogP contribution in [-0.4, -0.2) is 10.7 Å². The molecule has 0 aliphatic carbocycles. The van der Waals surface area contributed by atoms with Gasteiger partial charge in [-0.25, -0.2) is 8.78 Å². The Morgan fingerprint density at radius 1 is 1.33 bits per heavy atom. The molecular formula is C12H13BrF2. The second-order valence-electron chi connectivity index (χ2n) is 3.37. The van der Waals surface area contributed by atoms with Gasteiger partial charge in [-0.05, 0) is 24.5 Å². The molecular weight excluding hydrogens is 262 g/mol. The highest BCUT2D eigenvalue weighted by molar-refractivity contribution is 9.09. The molecule has 1 aromatic carbocycles. The lowest BCUT2D eigenvalue weighted by molar-refractivity contribution is 0.0528. The van der Waals surface area contributed by atoms with Crippen LogP contribution in [0.2, 0.25) is 0 Å². The molecule has 0 aliphatic heterocycles. The molecule has 0 N–H and O–H groups in total. The smallest absolute Gasteiger partial charge is 0.201 e. The summed E-state index contributed by atoms with van der Waals surface area (Å²) in [4.78, 5) is -0.845. The lowest BCUT2D eigenvalue weighted by atomic mass is 10.1. The van der Waals surface area contributed by atoms with Gasteiger partial charge in [-0.2, -0.15) is 0 Å². The summed E-state index contributed by atoms with van der Waals surface area (Å²) in [6.07, 6.45) is 1.72. The fourth-order valence-corrected chi connectivity index (χ4v) is 1.67. The van der Waals surface area contributed by atoms with Gasteiger partial charge in [0.2, 0.25) is 0 Å². The number of hydrogen-bond donors (Lipinski definition) is 0. The molecule has 0 fully saturated rings. The van der Waals surface area contributed by atoms with Gasteiger partial charge < -0.3 is 0 Å². The van der Waals surface area contributed by atoms with E-state index in [0.29, 0.717) is 18.9 Å². The van der Waals surface area contributed by atoms with E-state index in [4.69, 9.17) is 0 Å². The first-order valence-corrected chi connectivity index (χ1v) is 5.67. The van der Waals surface area contributed by atoms with Crippen LogP contribution in [0.15, 0.2) is 43.0 Å². The lowest BCUT2D eigenvalue weighted by Crippen LogP contribution is -2.26. The summed E-state index contributed by atoms with van der Waals surface area (Å²) in [5.74, 6) is -2.84. The van der Waals surface area contributed by atoms with Gasteiger partial charge in [0.15, 0.2) is 0 Å². The van der Waals surface area contributed by atoms with E-state index in [2.05, 4.69) is 22.5 Å². The number of alkyl halides is 3. The summed E-state index contributed by atoms with van der Waals surface area (Å²) < 4.78 is 26.2. The summed E-state index contributed by atoms with van der Waals surface area (Å²) in [6.45, 7) is 3.13. The van der Waals surface area contributed by atoms with Crippen LogP contribution in [0.25, 0.3) is 0 Å². The predicted octanol–water partition coefficient (Wildman–Crippen LogP) is 4.20. The quantitative estimate of drug-likeness (QED) is 0.558. The summed E-state index contributed by atoms with van der Waals surface area (Å²) in [7, 11) is 0. The Morgan fingerprint density at radius 3 is 2.47 bits per heavy atom. The normalized spacial score (nSPS) is 13.5. The Kier molecular flexibility index (Phi) is 4.45. The van der Waals surface area contributed by atoms with Crippen molar-refractivity contribution in [3.8, 4) is 0 Å². The molecule has 82 valence electrons. The molecule has 1 unspecified atom stereocenters. The van der Waals surface area contributed by atoms with Crippen molar-refractivity contribution in [3.05, 3.63) is 48.6 Å². The molecule has 0 spiro atoms. The van der Waals surface area contributed by atoms with Crippen molar-refractivity contribution in [3.63, 3.8) is 0 Å². The highest BCUT2D eigenvalue weighted by Crippen LogP contribution is 2.29. The Morgan fingerprint density at radius 2 is 1.93 bits per heavy atom. The summed E-state index contributed by atoms with van der Waals surface area (Å²) in [5.41, 5.74) is 1.07. The largest absolute Gasteiger partial charge is 0.278 e. The third kappa shape index (κ3) is 3.74. The van der Waals surface area contributed by atoms with Gasteiger partial charge in [0.25, 0.3) is 5.92 Å². The molecule has 0 nitrogen and oxygen atoms in total. The molecule has 0 heterocycles. The highest BCUT2D eigenvalue weighted by atomic mass is 79.9. The van der Waals surface area contributed by atoms with E-state index in [9.17, 15) is 8.78 Å².